The minimum Gasteiger partial charge on any atom is -0.383 e. The molecule has 1 aliphatic rings. The zero-order chi connectivity index (χ0) is 14.3. The van der Waals surface area contributed by atoms with Crippen molar-refractivity contribution in [3.05, 3.63) is 21.9 Å². The van der Waals surface area contributed by atoms with E-state index in [0.717, 1.165) is 52.2 Å². The van der Waals surface area contributed by atoms with Crippen LogP contribution in [-0.2, 0) is 22.3 Å². The van der Waals surface area contributed by atoms with Crippen molar-refractivity contribution in [2.24, 2.45) is 5.41 Å². The molecule has 1 saturated heterocycles. The normalized spacial score (nSPS) is 18.3. The van der Waals surface area contributed by atoms with E-state index in [0.29, 0.717) is 5.41 Å². The van der Waals surface area contributed by atoms with E-state index in [4.69, 9.17) is 9.47 Å². The van der Waals surface area contributed by atoms with E-state index in [1.807, 2.05) is 11.3 Å². The van der Waals surface area contributed by atoms with Gasteiger partial charge >= 0.3 is 0 Å². The highest BCUT2D eigenvalue weighted by Gasteiger charge is 2.32. The second-order valence-corrected chi connectivity index (χ2v) is 6.93. The lowest BCUT2D eigenvalue weighted by molar-refractivity contribution is 0.0147. The molecule has 1 N–H and O–H groups in total. The van der Waals surface area contributed by atoms with Crippen LogP contribution in [0.2, 0.25) is 0 Å². The summed E-state index contributed by atoms with van der Waals surface area (Å²) in [6.07, 6.45) is 4.65. The lowest BCUT2D eigenvalue weighted by Crippen LogP contribution is -2.41. The SMILES string of the molecule is CCc1ccc(CC2(CNCCOC)CCOCC2)s1. The molecule has 1 fully saturated rings. The zero-order valence-corrected chi connectivity index (χ0v) is 13.6. The summed E-state index contributed by atoms with van der Waals surface area (Å²) in [7, 11) is 1.75. The second kappa shape index (κ2) is 8.13. The molecule has 4 heteroatoms. The standard InChI is InChI=1S/C16H27NO2S/c1-3-14-4-5-15(20-14)12-16(6-9-19-10-7-16)13-17-8-11-18-2/h4-5,17H,3,6-13H2,1-2H3. The summed E-state index contributed by atoms with van der Waals surface area (Å²) in [5.74, 6) is 0. The number of methoxy groups -OCH3 is 1. The van der Waals surface area contributed by atoms with Crippen LogP contribution < -0.4 is 5.32 Å². The first-order valence-electron chi connectivity index (χ1n) is 7.63. The molecule has 0 radical (unpaired) electrons. The van der Waals surface area contributed by atoms with E-state index in [-0.39, 0.29) is 0 Å². The van der Waals surface area contributed by atoms with Crippen LogP contribution in [0.1, 0.15) is 29.5 Å². The fourth-order valence-corrected chi connectivity index (χ4v) is 3.96. The summed E-state index contributed by atoms with van der Waals surface area (Å²) >= 11 is 1.98. The smallest absolute Gasteiger partial charge is 0.0587 e. The number of nitrogens with one attached hydrogen (secondary N) is 1. The third-order valence-electron chi connectivity index (χ3n) is 4.15. The molecule has 0 atom stereocenters. The summed E-state index contributed by atoms with van der Waals surface area (Å²) in [6.45, 7) is 6.82. The average molecular weight is 297 g/mol. The third kappa shape index (κ3) is 4.55. The fraction of sp³-hybridized carbons (Fsp3) is 0.750. The molecule has 0 bridgehead atoms. The van der Waals surface area contributed by atoms with E-state index in [2.05, 4.69) is 24.4 Å². The van der Waals surface area contributed by atoms with Gasteiger partial charge in [0.1, 0.15) is 0 Å². The molecule has 0 spiro atoms. The molecule has 1 aromatic heterocycles. The maximum atomic E-state index is 5.57. The van der Waals surface area contributed by atoms with Gasteiger partial charge in [-0.2, -0.15) is 0 Å². The van der Waals surface area contributed by atoms with Crippen molar-refractivity contribution in [2.45, 2.75) is 32.6 Å². The third-order valence-corrected chi connectivity index (χ3v) is 5.38. The Morgan fingerprint density at radius 1 is 1.30 bits per heavy atom. The molecule has 20 heavy (non-hydrogen) atoms. The number of hydrogen-bond donors (Lipinski definition) is 1. The van der Waals surface area contributed by atoms with Crippen molar-refractivity contribution < 1.29 is 9.47 Å². The van der Waals surface area contributed by atoms with E-state index >= 15 is 0 Å². The Balaban J connectivity index is 1.94. The van der Waals surface area contributed by atoms with Crippen LogP contribution in [0.4, 0.5) is 0 Å². The van der Waals surface area contributed by atoms with Gasteiger partial charge in [0.25, 0.3) is 0 Å². The van der Waals surface area contributed by atoms with Crippen LogP contribution in [-0.4, -0.2) is 40.0 Å². The largest absolute Gasteiger partial charge is 0.383 e. The minimum absolute atomic E-state index is 0.363. The maximum Gasteiger partial charge on any atom is 0.0587 e. The Bertz CT molecular complexity index is 386. The van der Waals surface area contributed by atoms with Crippen molar-refractivity contribution in [1.29, 1.82) is 0 Å². The molecule has 0 saturated carbocycles. The van der Waals surface area contributed by atoms with Crippen molar-refractivity contribution in [3.63, 3.8) is 0 Å². The quantitative estimate of drug-likeness (QED) is 0.749. The van der Waals surface area contributed by atoms with Crippen LogP contribution in [0.15, 0.2) is 12.1 Å². The molecule has 0 amide bonds. The van der Waals surface area contributed by atoms with Gasteiger partial charge in [0.2, 0.25) is 0 Å². The van der Waals surface area contributed by atoms with Gasteiger partial charge in [0.05, 0.1) is 6.61 Å². The molecule has 1 aliphatic heterocycles. The van der Waals surface area contributed by atoms with Gasteiger partial charge in [0, 0.05) is 43.2 Å². The molecular weight excluding hydrogens is 270 g/mol. The first kappa shape index (κ1) is 16.0. The van der Waals surface area contributed by atoms with Gasteiger partial charge in [0.15, 0.2) is 0 Å². The molecule has 114 valence electrons. The lowest BCUT2D eigenvalue weighted by Gasteiger charge is -2.37. The van der Waals surface area contributed by atoms with Gasteiger partial charge in [-0.1, -0.05) is 6.92 Å². The van der Waals surface area contributed by atoms with Crippen molar-refractivity contribution in [1.82, 2.24) is 5.32 Å². The molecule has 0 unspecified atom stereocenters. The molecular formula is C16H27NO2S. The predicted octanol–water partition coefficient (Wildman–Crippen LogP) is 2.89. The van der Waals surface area contributed by atoms with Gasteiger partial charge in [-0.25, -0.2) is 0 Å². The number of ether oxygens (including phenoxy) is 2. The van der Waals surface area contributed by atoms with Crippen LogP contribution in [0.5, 0.6) is 0 Å². The molecule has 2 heterocycles. The Labute approximate surface area is 126 Å². The highest BCUT2D eigenvalue weighted by Crippen LogP contribution is 2.35. The van der Waals surface area contributed by atoms with Gasteiger partial charge in [-0.15, -0.1) is 11.3 Å². The summed E-state index contributed by atoms with van der Waals surface area (Å²) < 4.78 is 10.7. The summed E-state index contributed by atoms with van der Waals surface area (Å²) in [4.78, 5) is 3.02. The monoisotopic (exact) mass is 297 g/mol. The molecule has 2 rings (SSSR count). The van der Waals surface area contributed by atoms with E-state index < -0.39 is 0 Å². The average Bonchev–Trinajstić information content (AvgIpc) is 2.92. The summed E-state index contributed by atoms with van der Waals surface area (Å²) in [5, 5.41) is 3.56. The van der Waals surface area contributed by atoms with Gasteiger partial charge < -0.3 is 14.8 Å². The summed E-state index contributed by atoms with van der Waals surface area (Å²) in [6, 6.07) is 4.60. The molecule has 1 aromatic rings. The number of rotatable bonds is 8. The Morgan fingerprint density at radius 3 is 2.70 bits per heavy atom. The van der Waals surface area contributed by atoms with Crippen molar-refractivity contribution in [3.8, 4) is 0 Å². The van der Waals surface area contributed by atoms with Crippen LogP contribution in [0.3, 0.4) is 0 Å². The highest BCUT2D eigenvalue weighted by molar-refractivity contribution is 7.11. The minimum atomic E-state index is 0.363. The molecule has 0 aromatic carbocycles. The second-order valence-electron chi connectivity index (χ2n) is 5.68. The Morgan fingerprint density at radius 2 is 2.05 bits per heavy atom. The summed E-state index contributed by atoms with van der Waals surface area (Å²) in [5.41, 5.74) is 0.363. The Hall–Kier alpha value is -0.420. The highest BCUT2D eigenvalue weighted by atomic mass is 32.1. The van der Waals surface area contributed by atoms with Crippen molar-refractivity contribution in [2.75, 3.05) is 40.0 Å². The van der Waals surface area contributed by atoms with Crippen LogP contribution >= 0.6 is 11.3 Å². The molecule has 0 aliphatic carbocycles. The topological polar surface area (TPSA) is 30.5 Å². The van der Waals surface area contributed by atoms with Crippen molar-refractivity contribution >= 4 is 11.3 Å². The van der Waals surface area contributed by atoms with Crippen LogP contribution in [0, 0.1) is 5.41 Å². The lowest BCUT2D eigenvalue weighted by atomic mass is 9.76. The molecule has 3 nitrogen and oxygen atoms in total. The first-order chi connectivity index (χ1) is 9.78. The first-order valence-corrected chi connectivity index (χ1v) is 8.45. The van der Waals surface area contributed by atoms with E-state index in [1.165, 1.54) is 16.2 Å². The predicted molar refractivity (Wildman–Crippen MR) is 84.6 cm³/mol. The number of aryl methyl sites for hydroxylation is 1. The maximum absolute atomic E-state index is 5.57. The van der Waals surface area contributed by atoms with E-state index in [9.17, 15) is 0 Å². The fourth-order valence-electron chi connectivity index (χ4n) is 2.83. The number of thiophene rings is 1. The van der Waals surface area contributed by atoms with Gasteiger partial charge in [-0.05, 0) is 43.2 Å². The van der Waals surface area contributed by atoms with Gasteiger partial charge in [-0.3, -0.25) is 0 Å². The van der Waals surface area contributed by atoms with Crippen LogP contribution in [0.25, 0.3) is 0 Å². The Kier molecular flexibility index (Phi) is 6.49. The van der Waals surface area contributed by atoms with E-state index in [1.54, 1.807) is 7.11 Å². The number of hydrogen-bond acceptors (Lipinski definition) is 4. The zero-order valence-electron chi connectivity index (χ0n) is 12.7.